The molecule has 0 radical (unpaired) electrons. The molecule has 106 valence electrons. The largest absolute Gasteiger partial charge is 0.480 e. The molecule has 1 unspecified atom stereocenters. The van der Waals surface area contributed by atoms with Crippen LogP contribution in [0.2, 0.25) is 0 Å². The molecule has 1 aliphatic rings. The molecule has 0 spiro atoms. The van der Waals surface area contributed by atoms with Gasteiger partial charge in [-0.3, -0.25) is 9.69 Å². The van der Waals surface area contributed by atoms with Crippen LogP contribution >= 0.6 is 0 Å². The van der Waals surface area contributed by atoms with E-state index in [2.05, 4.69) is 36.0 Å². The molecule has 1 heterocycles. The number of nitrogens with zero attached hydrogens (tertiary/aromatic N) is 2. The second-order valence-electron chi connectivity index (χ2n) is 5.78. The Labute approximate surface area is 110 Å². The molecule has 0 aliphatic carbocycles. The van der Waals surface area contributed by atoms with Crippen molar-refractivity contribution in [3.05, 3.63) is 0 Å². The van der Waals surface area contributed by atoms with Gasteiger partial charge in [-0.1, -0.05) is 6.92 Å². The maximum absolute atomic E-state index is 11.0. The van der Waals surface area contributed by atoms with Crippen LogP contribution in [0, 0.1) is 0 Å². The average Bonchev–Trinajstić information content (AvgIpc) is 2.29. The monoisotopic (exact) mass is 257 g/mol. The molecule has 5 nitrogen and oxygen atoms in total. The topological polar surface area (TPSA) is 55.8 Å². The zero-order chi connectivity index (χ0) is 13.8. The summed E-state index contributed by atoms with van der Waals surface area (Å²) in [5, 5.41) is 12.2. The molecule has 0 amide bonds. The van der Waals surface area contributed by atoms with Crippen molar-refractivity contribution in [1.82, 2.24) is 15.1 Å². The minimum atomic E-state index is -0.758. The first-order valence-corrected chi connectivity index (χ1v) is 6.76. The van der Waals surface area contributed by atoms with Gasteiger partial charge in [0.1, 0.15) is 6.04 Å². The van der Waals surface area contributed by atoms with Crippen LogP contribution in [0.15, 0.2) is 0 Å². The Balaban J connectivity index is 2.45. The summed E-state index contributed by atoms with van der Waals surface area (Å²) >= 11 is 0. The number of carboxylic acid groups (broad SMARTS) is 1. The first kappa shape index (κ1) is 15.4. The molecule has 1 atom stereocenters. The molecule has 0 aromatic carbocycles. The quantitative estimate of drug-likeness (QED) is 0.724. The van der Waals surface area contributed by atoms with Gasteiger partial charge in [-0.15, -0.1) is 0 Å². The lowest BCUT2D eigenvalue weighted by atomic mass is 10.0. The fraction of sp³-hybridized carbons (Fsp3) is 0.923. The van der Waals surface area contributed by atoms with Crippen LogP contribution in [-0.2, 0) is 4.79 Å². The van der Waals surface area contributed by atoms with E-state index in [1.165, 1.54) is 0 Å². The van der Waals surface area contributed by atoms with Gasteiger partial charge in [-0.2, -0.15) is 0 Å². The van der Waals surface area contributed by atoms with Gasteiger partial charge in [0.15, 0.2) is 0 Å². The van der Waals surface area contributed by atoms with Gasteiger partial charge in [0.05, 0.1) is 0 Å². The van der Waals surface area contributed by atoms with Crippen molar-refractivity contribution in [2.45, 2.75) is 38.8 Å². The van der Waals surface area contributed by atoms with Gasteiger partial charge in [0.2, 0.25) is 0 Å². The third-order valence-electron chi connectivity index (χ3n) is 3.85. The lowest BCUT2D eigenvalue weighted by Gasteiger charge is -2.43. The maximum atomic E-state index is 11.0. The van der Waals surface area contributed by atoms with Crippen molar-refractivity contribution in [2.75, 3.05) is 39.8 Å². The summed E-state index contributed by atoms with van der Waals surface area (Å²) in [6.07, 6.45) is 0.619. The first-order valence-electron chi connectivity index (χ1n) is 6.76. The summed E-state index contributed by atoms with van der Waals surface area (Å²) in [7, 11) is 2.14. The van der Waals surface area contributed by atoms with Crippen LogP contribution in [0.5, 0.6) is 0 Å². The smallest absolute Gasteiger partial charge is 0.320 e. The molecule has 5 heteroatoms. The summed E-state index contributed by atoms with van der Waals surface area (Å²) in [6, 6.07) is -0.434. The van der Waals surface area contributed by atoms with E-state index in [9.17, 15) is 4.79 Å². The zero-order valence-electron chi connectivity index (χ0n) is 12.1. The second kappa shape index (κ2) is 6.50. The van der Waals surface area contributed by atoms with Gasteiger partial charge in [-0.25, -0.2) is 0 Å². The summed E-state index contributed by atoms with van der Waals surface area (Å²) in [5.74, 6) is -0.758. The number of piperazine rings is 1. The number of nitrogens with one attached hydrogen (secondary N) is 1. The van der Waals surface area contributed by atoms with E-state index in [-0.39, 0.29) is 5.54 Å². The number of aliphatic carboxylic acids is 1. The molecular weight excluding hydrogens is 230 g/mol. The van der Waals surface area contributed by atoms with Crippen molar-refractivity contribution in [3.8, 4) is 0 Å². The van der Waals surface area contributed by atoms with Crippen LogP contribution in [0.4, 0.5) is 0 Å². The minimum Gasteiger partial charge on any atom is -0.480 e. The normalized spacial score (nSPS) is 20.9. The summed E-state index contributed by atoms with van der Waals surface area (Å²) in [4.78, 5) is 15.7. The van der Waals surface area contributed by atoms with Crippen molar-refractivity contribution in [2.24, 2.45) is 0 Å². The molecule has 1 rings (SSSR count). The predicted octanol–water partition coefficient (Wildman–Crippen LogP) is 0.465. The number of carboxylic acids is 1. The summed E-state index contributed by atoms with van der Waals surface area (Å²) < 4.78 is 0. The van der Waals surface area contributed by atoms with E-state index >= 15 is 0 Å². The van der Waals surface area contributed by atoms with Crippen molar-refractivity contribution in [3.63, 3.8) is 0 Å². The van der Waals surface area contributed by atoms with E-state index in [1.54, 1.807) is 0 Å². The third-order valence-corrected chi connectivity index (χ3v) is 3.85. The van der Waals surface area contributed by atoms with E-state index < -0.39 is 12.0 Å². The van der Waals surface area contributed by atoms with E-state index in [0.717, 1.165) is 26.2 Å². The fourth-order valence-electron chi connectivity index (χ4n) is 2.30. The molecular formula is C13H27N3O2. The number of rotatable bonds is 6. The summed E-state index contributed by atoms with van der Waals surface area (Å²) in [6.45, 7) is 11.2. The van der Waals surface area contributed by atoms with E-state index in [4.69, 9.17) is 5.11 Å². The van der Waals surface area contributed by atoms with E-state index in [0.29, 0.717) is 13.0 Å². The Morgan fingerprint density at radius 3 is 2.33 bits per heavy atom. The Hall–Kier alpha value is -0.650. The van der Waals surface area contributed by atoms with Crippen LogP contribution < -0.4 is 5.32 Å². The highest BCUT2D eigenvalue weighted by atomic mass is 16.4. The van der Waals surface area contributed by atoms with Gasteiger partial charge >= 0.3 is 5.97 Å². The number of hydrogen-bond donors (Lipinski definition) is 2. The highest BCUT2D eigenvalue weighted by Gasteiger charge is 2.30. The maximum Gasteiger partial charge on any atom is 0.320 e. The van der Waals surface area contributed by atoms with Crippen LogP contribution in [0.25, 0.3) is 0 Å². The summed E-state index contributed by atoms with van der Waals surface area (Å²) in [5.41, 5.74) is 0.00410. The SMILES string of the molecule is CCC(NCC(C)(C)N1CCN(C)CC1)C(=O)O. The Morgan fingerprint density at radius 2 is 1.89 bits per heavy atom. The number of hydrogen-bond acceptors (Lipinski definition) is 4. The first-order chi connectivity index (χ1) is 8.36. The number of likely N-dealkylation sites (N-methyl/N-ethyl adjacent to an activating group) is 1. The molecule has 1 aliphatic heterocycles. The lowest BCUT2D eigenvalue weighted by Crippen LogP contribution is -2.58. The molecule has 0 aromatic heterocycles. The van der Waals surface area contributed by atoms with Gasteiger partial charge in [0.25, 0.3) is 0 Å². The molecule has 0 bridgehead atoms. The van der Waals surface area contributed by atoms with Crippen molar-refractivity contribution < 1.29 is 9.90 Å². The fourth-order valence-corrected chi connectivity index (χ4v) is 2.30. The molecule has 0 saturated carbocycles. The Morgan fingerprint density at radius 1 is 1.33 bits per heavy atom. The molecule has 1 fully saturated rings. The highest BCUT2D eigenvalue weighted by Crippen LogP contribution is 2.16. The minimum absolute atomic E-state index is 0.00410. The van der Waals surface area contributed by atoms with Crippen molar-refractivity contribution in [1.29, 1.82) is 0 Å². The van der Waals surface area contributed by atoms with Gasteiger partial charge in [0, 0.05) is 38.3 Å². The third kappa shape index (κ3) is 4.23. The zero-order valence-corrected chi connectivity index (χ0v) is 12.1. The highest BCUT2D eigenvalue weighted by molar-refractivity contribution is 5.73. The van der Waals surface area contributed by atoms with Gasteiger partial charge < -0.3 is 15.3 Å². The Bertz CT molecular complexity index is 273. The van der Waals surface area contributed by atoms with Crippen LogP contribution in [0.3, 0.4) is 0 Å². The standard InChI is InChI=1S/C13H27N3O2/c1-5-11(12(17)18)14-10-13(2,3)16-8-6-15(4)7-9-16/h11,14H,5-10H2,1-4H3,(H,17,18). The molecule has 0 aromatic rings. The van der Waals surface area contributed by atoms with E-state index in [1.807, 2.05) is 6.92 Å². The molecule has 2 N–H and O–H groups in total. The average molecular weight is 257 g/mol. The Kier molecular flexibility index (Phi) is 5.56. The van der Waals surface area contributed by atoms with Gasteiger partial charge in [-0.05, 0) is 27.3 Å². The van der Waals surface area contributed by atoms with Crippen LogP contribution in [0.1, 0.15) is 27.2 Å². The lowest BCUT2D eigenvalue weighted by molar-refractivity contribution is -0.139. The predicted molar refractivity (Wildman–Crippen MR) is 72.9 cm³/mol. The molecule has 1 saturated heterocycles. The van der Waals surface area contributed by atoms with Crippen molar-refractivity contribution >= 4 is 5.97 Å². The van der Waals surface area contributed by atoms with Crippen LogP contribution in [-0.4, -0.2) is 72.2 Å². The second-order valence-corrected chi connectivity index (χ2v) is 5.78. The number of carbonyl (C=O) groups is 1. The molecule has 18 heavy (non-hydrogen) atoms.